The van der Waals surface area contributed by atoms with E-state index in [2.05, 4.69) is 10.5 Å². The van der Waals surface area contributed by atoms with E-state index >= 15 is 0 Å². The first-order valence-electron chi connectivity index (χ1n) is 9.34. The van der Waals surface area contributed by atoms with E-state index in [0.29, 0.717) is 22.3 Å². The van der Waals surface area contributed by atoms with Gasteiger partial charge in [-0.25, -0.2) is 0 Å². The maximum Gasteiger partial charge on any atom is 0.361 e. The van der Waals surface area contributed by atoms with Crippen LogP contribution in [0.5, 0.6) is 0 Å². The number of hydrogen-bond acceptors (Lipinski definition) is 6. The van der Waals surface area contributed by atoms with Gasteiger partial charge < -0.3 is 18.9 Å². The van der Waals surface area contributed by atoms with E-state index in [0.717, 1.165) is 5.56 Å². The predicted molar refractivity (Wildman–Crippen MR) is 111 cm³/mol. The molecule has 1 aromatic heterocycles. The zero-order chi connectivity index (χ0) is 20.7. The van der Waals surface area contributed by atoms with Crippen molar-refractivity contribution in [3.8, 4) is 11.3 Å². The van der Waals surface area contributed by atoms with E-state index in [1.54, 1.807) is 44.3 Å². The molecule has 0 spiro atoms. The molecule has 7 nitrogen and oxygen atoms in total. The fourth-order valence-corrected chi connectivity index (χ4v) is 4.41. The van der Waals surface area contributed by atoms with Gasteiger partial charge in [-0.3, -0.25) is 9.36 Å². The lowest BCUT2D eigenvalue weighted by atomic mass is 10.1. The quantitative estimate of drug-likeness (QED) is 0.522. The zero-order valence-electron chi connectivity index (χ0n) is 16.3. The summed E-state index contributed by atoms with van der Waals surface area (Å²) in [5.41, 5.74) is 2.14. The minimum absolute atomic E-state index is 0.117. The monoisotopic (exact) mass is 414 g/mol. The van der Waals surface area contributed by atoms with Gasteiger partial charge in [0.25, 0.3) is 0 Å². The van der Waals surface area contributed by atoms with Crippen molar-refractivity contribution in [3.05, 3.63) is 66.4 Å². The summed E-state index contributed by atoms with van der Waals surface area (Å²) >= 11 is 0. The molecule has 1 heterocycles. The summed E-state index contributed by atoms with van der Waals surface area (Å²) < 4.78 is 28.8. The summed E-state index contributed by atoms with van der Waals surface area (Å²) in [5.74, 6) is 0.362. The predicted octanol–water partition coefficient (Wildman–Crippen LogP) is 4.41. The highest BCUT2D eigenvalue weighted by Gasteiger charge is 2.26. The topological polar surface area (TPSA) is 90.7 Å². The fraction of sp³-hybridized carbons (Fsp3) is 0.238. The van der Waals surface area contributed by atoms with Gasteiger partial charge in [-0.1, -0.05) is 35.5 Å². The number of amides is 1. The Labute approximate surface area is 169 Å². The van der Waals surface area contributed by atoms with Crippen LogP contribution in [0.25, 0.3) is 11.3 Å². The summed E-state index contributed by atoms with van der Waals surface area (Å²) in [6, 6.07) is 16.1. The van der Waals surface area contributed by atoms with Crippen molar-refractivity contribution in [1.82, 2.24) is 5.16 Å². The lowest BCUT2D eigenvalue weighted by molar-refractivity contribution is -0.115. The Kier molecular flexibility index (Phi) is 6.99. The first-order valence-corrected chi connectivity index (χ1v) is 10.9. The van der Waals surface area contributed by atoms with Crippen LogP contribution in [0, 0.1) is 0 Å². The Morgan fingerprint density at radius 2 is 1.69 bits per heavy atom. The van der Waals surface area contributed by atoms with Crippen LogP contribution >= 0.6 is 7.60 Å². The molecule has 1 amide bonds. The van der Waals surface area contributed by atoms with E-state index in [1.807, 2.05) is 30.3 Å². The molecule has 0 aliphatic heterocycles. The van der Waals surface area contributed by atoms with Gasteiger partial charge in [0, 0.05) is 16.8 Å². The lowest BCUT2D eigenvalue weighted by Gasteiger charge is -2.17. The molecule has 152 valence electrons. The maximum absolute atomic E-state index is 12.8. The van der Waals surface area contributed by atoms with Crippen molar-refractivity contribution in [2.45, 2.75) is 20.3 Å². The highest BCUT2D eigenvalue weighted by atomic mass is 31.2. The second kappa shape index (κ2) is 9.65. The van der Waals surface area contributed by atoms with E-state index in [1.165, 1.54) is 0 Å². The smallest absolute Gasteiger partial charge is 0.356 e. The maximum atomic E-state index is 12.8. The molecule has 3 aromatic rings. The van der Waals surface area contributed by atoms with Crippen molar-refractivity contribution >= 4 is 24.5 Å². The molecule has 0 radical (unpaired) electrons. The SMILES string of the molecule is CCOP(=O)(OCC)c1ccc(NC(=O)Cc2cnoc2-c2ccccc2)cc1. The third kappa shape index (κ3) is 5.21. The Balaban J connectivity index is 1.68. The van der Waals surface area contributed by atoms with Crippen LogP contribution in [0.4, 0.5) is 5.69 Å². The van der Waals surface area contributed by atoms with Crippen molar-refractivity contribution in [2.75, 3.05) is 18.5 Å². The largest absolute Gasteiger partial charge is 0.361 e. The number of carbonyl (C=O) groups excluding carboxylic acids is 1. The Morgan fingerprint density at radius 1 is 1.03 bits per heavy atom. The molecule has 0 bridgehead atoms. The molecule has 0 fully saturated rings. The number of nitrogens with one attached hydrogen (secondary N) is 1. The highest BCUT2D eigenvalue weighted by molar-refractivity contribution is 7.62. The van der Waals surface area contributed by atoms with Crippen LogP contribution in [-0.2, 0) is 24.8 Å². The van der Waals surface area contributed by atoms with Gasteiger partial charge in [0.05, 0.1) is 31.1 Å². The highest BCUT2D eigenvalue weighted by Crippen LogP contribution is 2.46. The van der Waals surface area contributed by atoms with Crippen LogP contribution in [0.3, 0.4) is 0 Å². The third-order valence-corrected chi connectivity index (χ3v) is 6.22. The van der Waals surface area contributed by atoms with E-state index < -0.39 is 7.60 Å². The minimum Gasteiger partial charge on any atom is -0.356 e. The van der Waals surface area contributed by atoms with Gasteiger partial charge in [-0.05, 0) is 38.1 Å². The second-order valence-corrected chi connectivity index (χ2v) is 8.18. The average Bonchev–Trinajstić information content (AvgIpc) is 3.17. The molecule has 0 unspecified atom stereocenters. The number of rotatable bonds is 9. The number of benzene rings is 2. The van der Waals surface area contributed by atoms with Crippen LogP contribution in [0.15, 0.2) is 65.3 Å². The molecular weight excluding hydrogens is 391 g/mol. The Bertz CT molecular complexity index is 976. The van der Waals surface area contributed by atoms with Gasteiger partial charge in [0.15, 0.2) is 5.76 Å². The number of carbonyl (C=O) groups is 1. The molecule has 0 atom stereocenters. The van der Waals surface area contributed by atoms with Crippen molar-refractivity contribution < 1.29 is 22.9 Å². The molecule has 0 aliphatic carbocycles. The molecule has 1 N–H and O–H groups in total. The summed E-state index contributed by atoms with van der Waals surface area (Å²) in [5, 5.41) is 7.09. The average molecular weight is 414 g/mol. The molecule has 3 rings (SSSR count). The standard InChI is InChI=1S/C21H23N2O5P/c1-3-26-29(25,27-4-2)19-12-10-18(11-13-19)23-20(24)14-17-15-22-28-21(17)16-8-6-5-7-9-16/h5-13,15H,3-4,14H2,1-2H3,(H,23,24). The number of aromatic nitrogens is 1. The first kappa shape index (κ1) is 21.0. The number of nitrogens with zero attached hydrogens (tertiary/aromatic N) is 1. The van der Waals surface area contributed by atoms with Crippen LogP contribution in [0.2, 0.25) is 0 Å². The summed E-state index contributed by atoms with van der Waals surface area (Å²) in [6.45, 7) is 4.07. The third-order valence-electron chi connectivity index (χ3n) is 4.10. The zero-order valence-corrected chi connectivity index (χ0v) is 17.2. The molecule has 8 heteroatoms. The molecule has 2 aromatic carbocycles. The second-order valence-electron chi connectivity index (χ2n) is 6.15. The van der Waals surface area contributed by atoms with Crippen molar-refractivity contribution in [3.63, 3.8) is 0 Å². The van der Waals surface area contributed by atoms with Crippen molar-refractivity contribution in [1.29, 1.82) is 0 Å². The van der Waals surface area contributed by atoms with Gasteiger partial charge in [0.1, 0.15) is 0 Å². The molecule has 0 aliphatic rings. The lowest BCUT2D eigenvalue weighted by Crippen LogP contribution is -2.16. The van der Waals surface area contributed by atoms with Crippen LogP contribution < -0.4 is 10.6 Å². The normalized spacial score (nSPS) is 11.4. The van der Waals surface area contributed by atoms with Gasteiger partial charge >= 0.3 is 7.60 Å². The van der Waals surface area contributed by atoms with Crippen molar-refractivity contribution in [2.24, 2.45) is 0 Å². The molecule has 0 saturated heterocycles. The number of anilines is 1. The summed E-state index contributed by atoms with van der Waals surface area (Å²) in [7, 11) is -3.35. The molecule has 29 heavy (non-hydrogen) atoms. The fourth-order valence-electron chi connectivity index (χ4n) is 2.85. The first-order chi connectivity index (χ1) is 14.1. The van der Waals surface area contributed by atoms with E-state index in [-0.39, 0.29) is 25.5 Å². The van der Waals surface area contributed by atoms with Crippen LogP contribution in [0.1, 0.15) is 19.4 Å². The summed E-state index contributed by atoms with van der Waals surface area (Å²) in [6.07, 6.45) is 1.66. The van der Waals surface area contributed by atoms with Gasteiger partial charge in [-0.2, -0.15) is 0 Å². The number of hydrogen-bond donors (Lipinski definition) is 1. The molecule has 0 saturated carbocycles. The van der Waals surface area contributed by atoms with Crippen LogP contribution in [-0.4, -0.2) is 24.3 Å². The van der Waals surface area contributed by atoms with E-state index in [9.17, 15) is 9.36 Å². The minimum atomic E-state index is -3.35. The Hall–Kier alpha value is -2.73. The molecular formula is C21H23N2O5P. The summed E-state index contributed by atoms with van der Waals surface area (Å²) in [4.78, 5) is 12.5. The van der Waals surface area contributed by atoms with E-state index in [4.69, 9.17) is 13.6 Å². The van der Waals surface area contributed by atoms with Gasteiger partial charge in [-0.15, -0.1) is 0 Å². The Morgan fingerprint density at radius 3 is 2.31 bits per heavy atom. The van der Waals surface area contributed by atoms with Gasteiger partial charge in [0.2, 0.25) is 5.91 Å².